The summed E-state index contributed by atoms with van der Waals surface area (Å²) in [6, 6.07) is -0.471. The van der Waals surface area contributed by atoms with E-state index in [1.807, 2.05) is 0 Å². The Bertz CT molecular complexity index is 348. The maximum Gasteiger partial charge on any atom is 0.317 e. The van der Waals surface area contributed by atoms with Crippen LogP contribution >= 0.6 is 0 Å². The molecule has 2 fully saturated rings. The van der Waals surface area contributed by atoms with Crippen LogP contribution in [0.3, 0.4) is 0 Å². The Morgan fingerprint density at radius 3 is 2.37 bits per heavy atom. The van der Waals surface area contributed by atoms with Crippen LogP contribution in [-0.2, 0) is 4.79 Å². The van der Waals surface area contributed by atoms with Crippen LogP contribution in [0.2, 0.25) is 0 Å². The van der Waals surface area contributed by atoms with E-state index in [-0.39, 0.29) is 11.8 Å². The van der Waals surface area contributed by atoms with Gasteiger partial charge in [-0.3, -0.25) is 4.79 Å². The minimum Gasteiger partial charge on any atom is -0.341 e. The number of alkyl halides is 2. The molecule has 1 N–H and O–H groups in total. The number of halogens is 2. The highest BCUT2D eigenvalue weighted by atomic mass is 19.3. The Hall–Kier alpha value is -1.40. The Labute approximate surface area is 110 Å². The first-order valence-electron chi connectivity index (χ1n) is 6.67. The van der Waals surface area contributed by atoms with Crippen molar-refractivity contribution in [2.45, 2.75) is 25.7 Å². The fraction of sp³-hybridized carbons (Fsp3) is 0.833. The number of rotatable bonds is 3. The Morgan fingerprint density at radius 2 is 1.74 bits per heavy atom. The topological polar surface area (TPSA) is 52.7 Å². The van der Waals surface area contributed by atoms with Crippen molar-refractivity contribution in [3.05, 3.63) is 0 Å². The number of nitrogens with one attached hydrogen (secondary N) is 1. The second-order valence-electron chi connectivity index (χ2n) is 5.02. The largest absolute Gasteiger partial charge is 0.341 e. The molecule has 7 heteroatoms. The maximum absolute atomic E-state index is 12.0. The zero-order chi connectivity index (χ0) is 13.8. The molecule has 0 atom stereocenters. The second-order valence-corrected chi connectivity index (χ2v) is 5.02. The van der Waals surface area contributed by atoms with Crippen molar-refractivity contribution in [2.24, 2.45) is 5.92 Å². The fourth-order valence-corrected chi connectivity index (χ4v) is 2.21. The summed E-state index contributed by atoms with van der Waals surface area (Å²) in [5.74, 6) is 0.356. The van der Waals surface area contributed by atoms with Gasteiger partial charge in [0.25, 0.3) is 6.43 Å². The Morgan fingerprint density at radius 1 is 1.11 bits per heavy atom. The van der Waals surface area contributed by atoms with Crippen molar-refractivity contribution in [1.29, 1.82) is 0 Å². The lowest BCUT2D eigenvalue weighted by Crippen LogP contribution is -2.44. The molecule has 1 saturated carbocycles. The van der Waals surface area contributed by atoms with Crippen molar-refractivity contribution in [3.8, 4) is 0 Å². The van der Waals surface area contributed by atoms with E-state index in [9.17, 15) is 18.4 Å². The van der Waals surface area contributed by atoms with Gasteiger partial charge in [-0.2, -0.15) is 0 Å². The van der Waals surface area contributed by atoms with Gasteiger partial charge in [-0.1, -0.05) is 0 Å². The number of carbonyl (C=O) groups is 2. The van der Waals surface area contributed by atoms with Crippen LogP contribution in [0.15, 0.2) is 0 Å². The molecule has 108 valence electrons. The third kappa shape index (κ3) is 4.04. The highest BCUT2D eigenvalue weighted by Gasteiger charge is 2.34. The third-order valence-corrected chi connectivity index (χ3v) is 3.43. The van der Waals surface area contributed by atoms with Gasteiger partial charge in [0, 0.05) is 32.1 Å². The molecule has 0 aromatic rings. The van der Waals surface area contributed by atoms with Gasteiger partial charge in [-0.05, 0) is 19.3 Å². The zero-order valence-electron chi connectivity index (χ0n) is 10.8. The van der Waals surface area contributed by atoms with Crippen LogP contribution in [0.1, 0.15) is 19.3 Å². The molecule has 1 saturated heterocycles. The van der Waals surface area contributed by atoms with E-state index in [4.69, 9.17) is 0 Å². The predicted molar refractivity (Wildman–Crippen MR) is 64.9 cm³/mol. The van der Waals surface area contributed by atoms with Crippen molar-refractivity contribution < 1.29 is 18.4 Å². The summed E-state index contributed by atoms with van der Waals surface area (Å²) in [5.41, 5.74) is 0. The quantitative estimate of drug-likeness (QED) is 0.832. The number of amides is 3. The number of hydrogen-bond acceptors (Lipinski definition) is 2. The van der Waals surface area contributed by atoms with Crippen LogP contribution in [0.4, 0.5) is 13.6 Å². The van der Waals surface area contributed by atoms with Gasteiger partial charge in [0.2, 0.25) is 5.91 Å². The molecular weight excluding hydrogens is 256 g/mol. The number of hydrogen-bond donors (Lipinski definition) is 1. The summed E-state index contributed by atoms with van der Waals surface area (Å²) < 4.78 is 24.0. The summed E-state index contributed by atoms with van der Waals surface area (Å²) in [6.07, 6.45) is 0.0893. The average Bonchev–Trinajstić information content (AvgIpc) is 3.20. The van der Waals surface area contributed by atoms with Gasteiger partial charge in [-0.15, -0.1) is 0 Å². The van der Waals surface area contributed by atoms with Crippen molar-refractivity contribution >= 4 is 11.9 Å². The van der Waals surface area contributed by atoms with Gasteiger partial charge in [0.05, 0.1) is 6.54 Å². The summed E-state index contributed by atoms with van der Waals surface area (Å²) in [7, 11) is 0. The van der Waals surface area contributed by atoms with E-state index in [0.717, 1.165) is 12.8 Å². The predicted octanol–water partition coefficient (Wildman–Crippen LogP) is 0.905. The maximum atomic E-state index is 12.0. The van der Waals surface area contributed by atoms with Crippen molar-refractivity contribution in [2.75, 3.05) is 32.7 Å². The Balaban J connectivity index is 1.78. The zero-order valence-corrected chi connectivity index (χ0v) is 10.8. The van der Waals surface area contributed by atoms with E-state index in [1.165, 1.54) is 4.90 Å². The molecule has 1 heterocycles. The third-order valence-electron chi connectivity index (χ3n) is 3.43. The van der Waals surface area contributed by atoms with Crippen LogP contribution in [0, 0.1) is 5.92 Å². The highest BCUT2D eigenvalue weighted by molar-refractivity contribution is 5.81. The molecule has 0 bridgehead atoms. The molecule has 0 radical (unpaired) electrons. The van der Waals surface area contributed by atoms with Crippen LogP contribution in [0.25, 0.3) is 0 Å². The summed E-state index contributed by atoms with van der Waals surface area (Å²) in [5, 5.41) is 2.19. The minimum atomic E-state index is -2.54. The van der Waals surface area contributed by atoms with Gasteiger partial charge < -0.3 is 15.1 Å². The highest BCUT2D eigenvalue weighted by Crippen LogP contribution is 2.31. The number of nitrogens with zero attached hydrogens (tertiary/aromatic N) is 2. The van der Waals surface area contributed by atoms with E-state index in [1.54, 1.807) is 4.90 Å². The van der Waals surface area contributed by atoms with E-state index >= 15 is 0 Å². The molecule has 2 rings (SSSR count). The second kappa shape index (κ2) is 6.16. The smallest absolute Gasteiger partial charge is 0.317 e. The molecule has 0 aromatic heterocycles. The lowest BCUT2D eigenvalue weighted by Gasteiger charge is -2.22. The summed E-state index contributed by atoms with van der Waals surface area (Å²) >= 11 is 0. The number of urea groups is 1. The molecule has 3 amide bonds. The Kier molecular flexibility index (Phi) is 4.55. The van der Waals surface area contributed by atoms with Crippen LogP contribution in [-0.4, -0.2) is 60.9 Å². The molecular formula is C12H19F2N3O2. The molecule has 1 aliphatic carbocycles. The molecule has 0 unspecified atom stereocenters. The van der Waals surface area contributed by atoms with Crippen molar-refractivity contribution in [1.82, 2.24) is 15.1 Å². The number of carbonyl (C=O) groups excluding carboxylic acids is 2. The van der Waals surface area contributed by atoms with Crippen molar-refractivity contribution in [3.63, 3.8) is 0 Å². The van der Waals surface area contributed by atoms with Crippen LogP contribution < -0.4 is 5.32 Å². The van der Waals surface area contributed by atoms with Crippen LogP contribution in [0.5, 0.6) is 0 Å². The first-order valence-corrected chi connectivity index (χ1v) is 6.67. The first kappa shape index (κ1) is 14.0. The van der Waals surface area contributed by atoms with Gasteiger partial charge in [0.1, 0.15) is 0 Å². The minimum absolute atomic E-state index is 0.176. The molecule has 2 aliphatic rings. The van der Waals surface area contributed by atoms with E-state index < -0.39 is 19.0 Å². The lowest BCUT2D eigenvalue weighted by molar-refractivity contribution is -0.132. The SMILES string of the molecule is O=C(NCC(F)F)N1CCCN(C(=O)C2CC2)CC1. The normalized spacial score (nSPS) is 20.4. The summed E-state index contributed by atoms with van der Waals surface area (Å²) in [4.78, 5) is 26.9. The van der Waals surface area contributed by atoms with Gasteiger partial charge >= 0.3 is 6.03 Å². The molecule has 0 aromatic carbocycles. The average molecular weight is 275 g/mol. The molecule has 19 heavy (non-hydrogen) atoms. The standard InChI is InChI=1S/C12H19F2N3O2/c13-10(14)8-15-12(19)17-5-1-4-16(6-7-17)11(18)9-2-3-9/h9-10H,1-8H2,(H,15,19). The molecule has 1 aliphatic heterocycles. The van der Waals surface area contributed by atoms with E-state index in [2.05, 4.69) is 5.32 Å². The monoisotopic (exact) mass is 275 g/mol. The first-order chi connectivity index (χ1) is 9.08. The lowest BCUT2D eigenvalue weighted by atomic mass is 10.3. The van der Waals surface area contributed by atoms with Gasteiger partial charge in [0.15, 0.2) is 0 Å². The molecule has 5 nitrogen and oxygen atoms in total. The molecule has 0 spiro atoms. The summed E-state index contributed by atoms with van der Waals surface area (Å²) in [6.45, 7) is 1.43. The van der Waals surface area contributed by atoms with Gasteiger partial charge in [-0.25, -0.2) is 13.6 Å². The fourth-order valence-electron chi connectivity index (χ4n) is 2.21. The van der Waals surface area contributed by atoms with E-state index in [0.29, 0.717) is 32.6 Å².